The van der Waals surface area contributed by atoms with Crippen molar-refractivity contribution in [2.24, 2.45) is 0 Å². The summed E-state index contributed by atoms with van der Waals surface area (Å²) in [6.45, 7) is 0. The standard InChI is InChI=1S/C14H7BrClNO2/c15-12-10(16)6-3-7-11(12)17-13(18)8-4-1-2-5-9(8)14(17)19/h1-7H. The lowest BCUT2D eigenvalue weighted by atomic mass is 10.1. The molecule has 3 nitrogen and oxygen atoms in total. The van der Waals surface area contributed by atoms with E-state index in [1.165, 1.54) is 0 Å². The fourth-order valence-electron chi connectivity index (χ4n) is 2.07. The SMILES string of the molecule is O=C1c2ccccc2C(=O)N1c1cccc(Cl)c1Br. The van der Waals surface area contributed by atoms with Crippen LogP contribution in [0.15, 0.2) is 46.9 Å². The van der Waals surface area contributed by atoms with Crippen molar-refractivity contribution in [1.29, 1.82) is 0 Å². The maximum absolute atomic E-state index is 12.3. The van der Waals surface area contributed by atoms with Crippen LogP contribution in [0.25, 0.3) is 0 Å². The lowest BCUT2D eigenvalue weighted by Crippen LogP contribution is -2.29. The second-order valence-corrected chi connectivity index (χ2v) is 5.26. The Morgan fingerprint density at radius 2 is 1.47 bits per heavy atom. The highest BCUT2D eigenvalue weighted by Gasteiger charge is 2.37. The molecule has 0 fully saturated rings. The lowest BCUT2D eigenvalue weighted by molar-refractivity contribution is 0.0926. The molecule has 2 amide bonds. The van der Waals surface area contributed by atoms with E-state index in [4.69, 9.17) is 11.6 Å². The van der Waals surface area contributed by atoms with E-state index >= 15 is 0 Å². The highest BCUT2D eigenvalue weighted by Crippen LogP contribution is 2.36. The van der Waals surface area contributed by atoms with Crippen LogP contribution in [-0.2, 0) is 0 Å². The Kier molecular flexibility index (Phi) is 2.92. The Morgan fingerprint density at radius 3 is 2.05 bits per heavy atom. The largest absolute Gasteiger partial charge is 0.268 e. The molecule has 0 radical (unpaired) electrons. The monoisotopic (exact) mass is 335 g/mol. The van der Waals surface area contributed by atoms with Gasteiger partial charge in [-0.25, -0.2) is 4.90 Å². The minimum Gasteiger partial charge on any atom is -0.268 e. The normalized spacial score (nSPS) is 13.9. The molecular formula is C14H7BrClNO2. The van der Waals surface area contributed by atoms with Crippen LogP contribution >= 0.6 is 27.5 Å². The fraction of sp³-hybridized carbons (Fsp3) is 0. The molecule has 0 saturated carbocycles. The molecule has 5 heteroatoms. The molecule has 0 saturated heterocycles. The predicted molar refractivity (Wildman–Crippen MR) is 76.7 cm³/mol. The second kappa shape index (κ2) is 4.47. The molecule has 0 aromatic heterocycles. The summed E-state index contributed by atoms with van der Waals surface area (Å²) in [6, 6.07) is 11.8. The third kappa shape index (κ3) is 1.79. The first-order chi connectivity index (χ1) is 9.11. The van der Waals surface area contributed by atoms with E-state index in [1.54, 1.807) is 42.5 Å². The Bertz CT molecular complexity index is 679. The number of hydrogen-bond acceptors (Lipinski definition) is 2. The Labute approximate surface area is 122 Å². The molecule has 0 aliphatic carbocycles. The van der Waals surface area contributed by atoms with Gasteiger partial charge in [-0.2, -0.15) is 0 Å². The first-order valence-electron chi connectivity index (χ1n) is 5.53. The third-order valence-corrected chi connectivity index (χ3v) is 4.34. The number of halogens is 2. The van der Waals surface area contributed by atoms with Gasteiger partial charge in [-0.15, -0.1) is 0 Å². The summed E-state index contributed by atoms with van der Waals surface area (Å²) >= 11 is 9.31. The second-order valence-electron chi connectivity index (χ2n) is 4.06. The van der Waals surface area contributed by atoms with Gasteiger partial charge in [0.2, 0.25) is 0 Å². The average molecular weight is 337 g/mol. The van der Waals surface area contributed by atoms with Crippen LogP contribution in [0.3, 0.4) is 0 Å². The van der Waals surface area contributed by atoms with Gasteiger partial charge in [0.15, 0.2) is 0 Å². The van der Waals surface area contributed by atoms with Crippen LogP contribution in [0.1, 0.15) is 20.7 Å². The molecule has 0 atom stereocenters. The molecule has 1 aliphatic heterocycles. The number of fused-ring (bicyclic) bond motifs is 1. The third-order valence-electron chi connectivity index (χ3n) is 2.97. The molecule has 1 aliphatic rings. The van der Waals surface area contributed by atoms with Crippen molar-refractivity contribution in [3.8, 4) is 0 Å². The van der Waals surface area contributed by atoms with Gasteiger partial charge in [0.05, 0.1) is 26.3 Å². The quantitative estimate of drug-likeness (QED) is 0.741. The summed E-state index contributed by atoms with van der Waals surface area (Å²) in [4.78, 5) is 25.8. The smallest absolute Gasteiger partial charge is 0.266 e. The highest BCUT2D eigenvalue weighted by atomic mass is 79.9. The minimum absolute atomic E-state index is 0.330. The predicted octanol–water partition coefficient (Wildman–Crippen LogP) is 3.90. The van der Waals surface area contributed by atoms with Crippen LogP contribution in [-0.4, -0.2) is 11.8 Å². The number of benzene rings is 2. The molecule has 3 rings (SSSR count). The van der Waals surface area contributed by atoms with Gasteiger partial charge in [0.1, 0.15) is 0 Å². The molecule has 0 bridgehead atoms. The first-order valence-corrected chi connectivity index (χ1v) is 6.70. The van der Waals surface area contributed by atoms with Crippen LogP contribution in [0, 0.1) is 0 Å². The van der Waals surface area contributed by atoms with Gasteiger partial charge in [-0.1, -0.05) is 29.8 Å². The van der Waals surface area contributed by atoms with E-state index in [0.717, 1.165) is 4.90 Å². The van der Waals surface area contributed by atoms with E-state index in [-0.39, 0.29) is 11.8 Å². The summed E-state index contributed by atoms with van der Waals surface area (Å²) in [5, 5.41) is 0.453. The fourth-order valence-corrected chi connectivity index (χ4v) is 2.68. The van der Waals surface area contributed by atoms with Gasteiger partial charge in [0.25, 0.3) is 11.8 Å². The summed E-state index contributed by atoms with van der Waals surface area (Å²) in [5.74, 6) is -0.660. The summed E-state index contributed by atoms with van der Waals surface area (Å²) in [7, 11) is 0. The molecule has 0 unspecified atom stereocenters. The number of carbonyl (C=O) groups excluding carboxylic acids is 2. The number of anilines is 1. The topological polar surface area (TPSA) is 37.4 Å². The zero-order valence-electron chi connectivity index (χ0n) is 9.56. The van der Waals surface area contributed by atoms with Crippen molar-refractivity contribution in [2.45, 2.75) is 0 Å². The molecule has 19 heavy (non-hydrogen) atoms. The maximum atomic E-state index is 12.3. The van der Waals surface area contributed by atoms with Crippen LogP contribution in [0.5, 0.6) is 0 Å². The molecule has 1 heterocycles. The van der Waals surface area contributed by atoms with Crippen molar-refractivity contribution in [3.63, 3.8) is 0 Å². The highest BCUT2D eigenvalue weighted by molar-refractivity contribution is 9.10. The zero-order chi connectivity index (χ0) is 13.6. The van der Waals surface area contributed by atoms with E-state index in [2.05, 4.69) is 15.9 Å². The summed E-state index contributed by atoms with van der Waals surface area (Å²) in [5.41, 5.74) is 1.29. The Hall–Kier alpha value is -1.65. The van der Waals surface area contributed by atoms with Gasteiger partial charge in [-0.05, 0) is 40.2 Å². The molecule has 0 N–H and O–H groups in total. The van der Waals surface area contributed by atoms with Crippen LogP contribution in [0.4, 0.5) is 5.69 Å². The van der Waals surface area contributed by atoms with E-state index in [9.17, 15) is 9.59 Å². The van der Waals surface area contributed by atoms with Gasteiger partial charge in [-0.3, -0.25) is 9.59 Å². The summed E-state index contributed by atoms with van der Waals surface area (Å²) < 4.78 is 0.533. The number of amides is 2. The average Bonchev–Trinajstić information content (AvgIpc) is 2.67. The van der Waals surface area contributed by atoms with E-state index in [1.807, 2.05) is 0 Å². The van der Waals surface area contributed by atoms with Gasteiger partial charge in [0, 0.05) is 0 Å². The Morgan fingerprint density at radius 1 is 0.895 bits per heavy atom. The van der Waals surface area contributed by atoms with Crippen molar-refractivity contribution in [3.05, 3.63) is 63.1 Å². The minimum atomic E-state index is -0.330. The van der Waals surface area contributed by atoms with E-state index in [0.29, 0.717) is 26.3 Å². The van der Waals surface area contributed by atoms with Crippen LogP contribution < -0.4 is 4.90 Å². The van der Waals surface area contributed by atoms with Gasteiger partial charge < -0.3 is 0 Å². The molecule has 0 spiro atoms. The number of imide groups is 1. The zero-order valence-corrected chi connectivity index (χ0v) is 11.9. The summed E-state index contributed by atoms with van der Waals surface area (Å²) in [6.07, 6.45) is 0. The van der Waals surface area contributed by atoms with Crippen molar-refractivity contribution in [1.82, 2.24) is 0 Å². The van der Waals surface area contributed by atoms with Crippen molar-refractivity contribution < 1.29 is 9.59 Å². The van der Waals surface area contributed by atoms with Gasteiger partial charge >= 0.3 is 0 Å². The number of rotatable bonds is 1. The lowest BCUT2D eigenvalue weighted by Gasteiger charge is -2.16. The number of carbonyl (C=O) groups is 2. The van der Waals surface area contributed by atoms with Crippen LogP contribution in [0.2, 0.25) is 5.02 Å². The number of hydrogen-bond donors (Lipinski definition) is 0. The molecule has 2 aromatic carbocycles. The molecule has 2 aromatic rings. The Balaban J connectivity index is 2.17. The van der Waals surface area contributed by atoms with Crippen molar-refractivity contribution in [2.75, 3.05) is 4.90 Å². The maximum Gasteiger partial charge on any atom is 0.266 e. The molecular weight excluding hydrogens is 330 g/mol. The van der Waals surface area contributed by atoms with Crippen molar-refractivity contribution >= 4 is 45.0 Å². The van der Waals surface area contributed by atoms with E-state index < -0.39 is 0 Å². The first kappa shape index (κ1) is 12.4. The molecule has 94 valence electrons. The number of nitrogens with zero attached hydrogens (tertiary/aromatic N) is 1.